The highest BCUT2D eigenvalue weighted by Crippen LogP contribution is 2.48. The number of anilines is 1. The second kappa shape index (κ2) is 6.40. The second-order valence-electron chi connectivity index (χ2n) is 6.85. The van der Waals surface area contributed by atoms with E-state index in [2.05, 4.69) is 10.4 Å². The average Bonchev–Trinajstić information content (AvgIpc) is 3.32. The van der Waals surface area contributed by atoms with Gasteiger partial charge in [-0.15, -0.1) is 0 Å². The number of hydrogen-bond donors (Lipinski definition) is 2. The van der Waals surface area contributed by atoms with Gasteiger partial charge in [0, 0.05) is 12.3 Å². The highest BCUT2D eigenvalue weighted by molar-refractivity contribution is 5.95. The molecule has 1 saturated carbocycles. The molecule has 2 bridgehead atoms. The van der Waals surface area contributed by atoms with Crippen molar-refractivity contribution in [1.29, 1.82) is 0 Å². The highest BCUT2D eigenvalue weighted by Gasteiger charge is 2.51. The molecule has 0 spiro atoms. The lowest BCUT2D eigenvalue weighted by molar-refractivity contribution is -0.146. The summed E-state index contributed by atoms with van der Waals surface area (Å²) in [4.78, 5) is 24.2. The monoisotopic (exact) mass is 355 g/mol. The van der Waals surface area contributed by atoms with E-state index in [-0.39, 0.29) is 23.6 Å². The number of hydrogen-bond acceptors (Lipinski definition) is 3. The number of benzene rings is 1. The number of nitrogens with zero attached hydrogens (tertiary/aromatic N) is 2. The SMILES string of the molecule is O=C(O)[C@H]1[C@H](C(=O)Nc2ccn(Cc3ccc(F)cc3)n2)[C@H]2C=C[C@H]1C2. The van der Waals surface area contributed by atoms with Crippen molar-refractivity contribution in [3.8, 4) is 0 Å². The molecule has 1 aromatic heterocycles. The molecule has 2 aliphatic carbocycles. The minimum Gasteiger partial charge on any atom is -0.481 e. The summed E-state index contributed by atoms with van der Waals surface area (Å²) in [5.41, 5.74) is 0.886. The number of fused-ring (bicyclic) bond motifs is 2. The fourth-order valence-corrected chi connectivity index (χ4v) is 4.02. The zero-order valence-corrected chi connectivity index (χ0v) is 13.9. The van der Waals surface area contributed by atoms with Gasteiger partial charge in [-0.05, 0) is 36.0 Å². The van der Waals surface area contributed by atoms with Crippen LogP contribution in [-0.2, 0) is 16.1 Å². The maximum absolute atomic E-state index is 13.0. The maximum atomic E-state index is 13.0. The molecule has 1 heterocycles. The van der Waals surface area contributed by atoms with Gasteiger partial charge in [0.15, 0.2) is 5.82 Å². The van der Waals surface area contributed by atoms with E-state index in [1.54, 1.807) is 29.1 Å². The van der Waals surface area contributed by atoms with Gasteiger partial charge in [0.2, 0.25) is 5.91 Å². The molecular formula is C19H18FN3O3. The number of rotatable bonds is 5. The number of carboxylic acid groups (broad SMARTS) is 1. The Balaban J connectivity index is 1.44. The number of carbonyl (C=O) groups is 2. The van der Waals surface area contributed by atoms with Crippen molar-refractivity contribution < 1.29 is 19.1 Å². The van der Waals surface area contributed by atoms with Crippen LogP contribution in [0.5, 0.6) is 0 Å². The first-order chi connectivity index (χ1) is 12.5. The highest BCUT2D eigenvalue weighted by atomic mass is 19.1. The number of aliphatic carboxylic acids is 1. The lowest BCUT2D eigenvalue weighted by Gasteiger charge is -2.23. The van der Waals surface area contributed by atoms with Gasteiger partial charge in [-0.3, -0.25) is 14.3 Å². The number of carboxylic acids is 1. The number of nitrogens with one attached hydrogen (secondary N) is 1. The Kier molecular flexibility index (Phi) is 4.06. The minimum absolute atomic E-state index is 0.0256. The maximum Gasteiger partial charge on any atom is 0.307 e. The fourth-order valence-electron chi connectivity index (χ4n) is 4.02. The predicted octanol–water partition coefficient (Wildman–Crippen LogP) is 2.53. The van der Waals surface area contributed by atoms with Crippen molar-refractivity contribution in [1.82, 2.24) is 9.78 Å². The third-order valence-electron chi connectivity index (χ3n) is 5.20. The molecule has 134 valence electrons. The molecule has 26 heavy (non-hydrogen) atoms. The van der Waals surface area contributed by atoms with Crippen LogP contribution >= 0.6 is 0 Å². The lowest BCUT2D eigenvalue weighted by Crippen LogP contribution is -2.36. The third-order valence-corrected chi connectivity index (χ3v) is 5.20. The Morgan fingerprint density at radius 3 is 2.54 bits per heavy atom. The Morgan fingerprint density at radius 1 is 1.15 bits per heavy atom. The average molecular weight is 355 g/mol. The van der Waals surface area contributed by atoms with Crippen LogP contribution in [0.2, 0.25) is 0 Å². The molecule has 0 aliphatic heterocycles. The van der Waals surface area contributed by atoms with Crippen LogP contribution in [0.3, 0.4) is 0 Å². The van der Waals surface area contributed by atoms with E-state index in [1.807, 2.05) is 12.2 Å². The molecule has 1 amide bonds. The molecule has 0 saturated heterocycles. The molecule has 2 N–H and O–H groups in total. The largest absolute Gasteiger partial charge is 0.481 e. The van der Waals surface area contributed by atoms with Gasteiger partial charge in [-0.25, -0.2) is 4.39 Å². The van der Waals surface area contributed by atoms with Crippen molar-refractivity contribution in [2.24, 2.45) is 23.7 Å². The van der Waals surface area contributed by atoms with Crippen LogP contribution in [-0.4, -0.2) is 26.8 Å². The summed E-state index contributed by atoms with van der Waals surface area (Å²) in [5, 5.41) is 16.5. The van der Waals surface area contributed by atoms with Crippen LogP contribution in [0, 0.1) is 29.5 Å². The summed E-state index contributed by atoms with van der Waals surface area (Å²) >= 11 is 0. The van der Waals surface area contributed by atoms with Gasteiger partial charge < -0.3 is 10.4 Å². The zero-order chi connectivity index (χ0) is 18.3. The number of amides is 1. The summed E-state index contributed by atoms with van der Waals surface area (Å²) in [5.74, 6) is -2.48. The molecule has 1 aromatic carbocycles. The summed E-state index contributed by atoms with van der Waals surface area (Å²) in [6, 6.07) is 7.79. The van der Waals surface area contributed by atoms with Crippen molar-refractivity contribution in [3.05, 3.63) is 60.1 Å². The molecule has 2 aliphatic rings. The molecule has 2 aromatic rings. The standard InChI is InChI=1S/C19H18FN3O3/c20-14-5-1-11(2-6-14)10-23-8-7-15(22-23)21-18(24)16-12-3-4-13(9-12)17(16)19(25)26/h1-8,12-13,16-17H,9-10H2,(H,25,26)(H,21,22,24)/t12-,13-,16+,17+/m0/s1. The second-order valence-corrected chi connectivity index (χ2v) is 6.85. The van der Waals surface area contributed by atoms with E-state index in [9.17, 15) is 19.1 Å². The number of aromatic nitrogens is 2. The lowest BCUT2D eigenvalue weighted by atomic mass is 9.82. The molecule has 1 fully saturated rings. The first-order valence-electron chi connectivity index (χ1n) is 8.51. The summed E-state index contributed by atoms with van der Waals surface area (Å²) in [6.45, 7) is 0.449. The van der Waals surface area contributed by atoms with E-state index < -0.39 is 17.8 Å². The molecular weight excluding hydrogens is 337 g/mol. The predicted molar refractivity (Wildman–Crippen MR) is 91.7 cm³/mol. The number of allylic oxidation sites excluding steroid dienone is 2. The normalized spacial score (nSPS) is 26.2. The van der Waals surface area contributed by atoms with Crippen LogP contribution < -0.4 is 5.32 Å². The Morgan fingerprint density at radius 2 is 1.85 bits per heavy atom. The number of halogens is 1. The van der Waals surface area contributed by atoms with Crippen molar-refractivity contribution in [2.45, 2.75) is 13.0 Å². The topological polar surface area (TPSA) is 84.2 Å². The van der Waals surface area contributed by atoms with Gasteiger partial charge in [0.1, 0.15) is 5.82 Å². The summed E-state index contributed by atoms with van der Waals surface area (Å²) in [7, 11) is 0. The van der Waals surface area contributed by atoms with E-state index in [1.165, 1.54) is 12.1 Å². The van der Waals surface area contributed by atoms with Crippen molar-refractivity contribution in [2.75, 3.05) is 5.32 Å². The molecule has 7 heteroatoms. The Labute approximate surface area is 149 Å². The Hall–Kier alpha value is -2.96. The van der Waals surface area contributed by atoms with E-state index in [4.69, 9.17) is 0 Å². The van der Waals surface area contributed by atoms with Gasteiger partial charge in [-0.2, -0.15) is 5.10 Å². The van der Waals surface area contributed by atoms with E-state index >= 15 is 0 Å². The number of carbonyl (C=O) groups excluding carboxylic acids is 1. The molecule has 0 unspecified atom stereocenters. The van der Waals surface area contributed by atoms with Gasteiger partial charge >= 0.3 is 5.97 Å². The molecule has 4 atom stereocenters. The van der Waals surface area contributed by atoms with E-state index in [0.717, 1.165) is 5.56 Å². The molecule has 6 nitrogen and oxygen atoms in total. The summed E-state index contributed by atoms with van der Waals surface area (Å²) < 4.78 is 14.6. The fraction of sp³-hybridized carbons (Fsp3) is 0.316. The first-order valence-corrected chi connectivity index (χ1v) is 8.51. The smallest absolute Gasteiger partial charge is 0.307 e. The first kappa shape index (κ1) is 16.5. The molecule has 0 radical (unpaired) electrons. The molecule has 4 rings (SSSR count). The van der Waals surface area contributed by atoms with Gasteiger partial charge in [-0.1, -0.05) is 24.3 Å². The van der Waals surface area contributed by atoms with Crippen LogP contribution in [0.4, 0.5) is 10.2 Å². The quantitative estimate of drug-likeness (QED) is 0.807. The zero-order valence-electron chi connectivity index (χ0n) is 13.9. The van der Waals surface area contributed by atoms with Gasteiger partial charge in [0.25, 0.3) is 0 Å². The van der Waals surface area contributed by atoms with Crippen LogP contribution in [0.1, 0.15) is 12.0 Å². The van der Waals surface area contributed by atoms with Crippen molar-refractivity contribution in [3.63, 3.8) is 0 Å². The minimum atomic E-state index is -0.927. The Bertz CT molecular complexity index is 874. The van der Waals surface area contributed by atoms with Crippen LogP contribution in [0.15, 0.2) is 48.7 Å². The van der Waals surface area contributed by atoms with Crippen LogP contribution in [0.25, 0.3) is 0 Å². The van der Waals surface area contributed by atoms with E-state index in [0.29, 0.717) is 18.8 Å². The van der Waals surface area contributed by atoms with Gasteiger partial charge in [0.05, 0.1) is 18.4 Å². The van der Waals surface area contributed by atoms with Crippen molar-refractivity contribution >= 4 is 17.7 Å². The summed E-state index contributed by atoms with van der Waals surface area (Å²) in [6.07, 6.45) is 6.29. The third kappa shape index (κ3) is 3.00.